The number of pyridine rings is 1. The Kier molecular flexibility index (Phi) is 5.89. The fraction of sp³-hybridized carbons (Fsp3) is 0.478. The number of carbonyl (C=O) groups excluding carboxylic acids is 1. The zero-order chi connectivity index (χ0) is 19.3. The predicted molar refractivity (Wildman–Crippen MR) is 110 cm³/mol. The van der Waals surface area contributed by atoms with Gasteiger partial charge in [0, 0.05) is 31.5 Å². The highest BCUT2D eigenvalue weighted by Gasteiger charge is 2.28. The van der Waals surface area contributed by atoms with Crippen LogP contribution in [0.4, 0.5) is 10.1 Å². The lowest BCUT2D eigenvalue weighted by molar-refractivity contribution is -0.126. The Morgan fingerprint density at radius 1 is 1.00 bits per heavy atom. The highest BCUT2D eigenvalue weighted by atomic mass is 19.1. The highest BCUT2D eigenvalue weighted by Crippen LogP contribution is 2.30. The number of piperidine rings is 1. The molecule has 28 heavy (non-hydrogen) atoms. The molecule has 148 valence electrons. The van der Waals surface area contributed by atoms with Crippen LogP contribution in [0.1, 0.15) is 44.9 Å². The van der Waals surface area contributed by atoms with Crippen LogP contribution in [0.5, 0.6) is 0 Å². The molecule has 1 aromatic heterocycles. The van der Waals surface area contributed by atoms with Crippen molar-refractivity contribution in [3.63, 3.8) is 0 Å². The van der Waals surface area contributed by atoms with E-state index in [-0.39, 0.29) is 17.6 Å². The minimum atomic E-state index is -0.234. The molecule has 5 heteroatoms. The van der Waals surface area contributed by atoms with Crippen molar-refractivity contribution < 1.29 is 9.18 Å². The molecular formula is C23H28FN3O. The number of benzene rings is 1. The number of amides is 1. The first-order chi connectivity index (χ1) is 13.7. The fourth-order valence-electron chi connectivity index (χ4n) is 4.46. The third-order valence-corrected chi connectivity index (χ3v) is 6.05. The highest BCUT2D eigenvalue weighted by molar-refractivity contribution is 5.80. The standard InChI is InChI=1S/C23H28FN3O/c24-21-15-18(17-10-12-25-13-11-17)8-9-22(21)27-14-4-5-19(16-27)23(28)26-20-6-2-1-3-7-20/h8-13,15,19-20H,1-7,14,16H2,(H,26,28). The minimum Gasteiger partial charge on any atom is -0.368 e. The lowest BCUT2D eigenvalue weighted by atomic mass is 9.92. The Labute approximate surface area is 166 Å². The van der Waals surface area contributed by atoms with E-state index in [9.17, 15) is 9.18 Å². The second-order valence-electron chi connectivity index (χ2n) is 8.03. The molecule has 1 aromatic carbocycles. The van der Waals surface area contributed by atoms with Crippen LogP contribution in [0.15, 0.2) is 42.7 Å². The summed E-state index contributed by atoms with van der Waals surface area (Å²) in [6.07, 6.45) is 11.1. The van der Waals surface area contributed by atoms with Crippen molar-refractivity contribution in [2.24, 2.45) is 5.92 Å². The van der Waals surface area contributed by atoms with Gasteiger partial charge in [-0.3, -0.25) is 9.78 Å². The first-order valence-electron chi connectivity index (χ1n) is 10.5. The number of anilines is 1. The van der Waals surface area contributed by atoms with E-state index in [0.29, 0.717) is 18.3 Å². The van der Waals surface area contributed by atoms with Crippen molar-refractivity contribution in [3.8, 4) is 11.1 Å². The van der Waals surface area contributed by atoms with Crippen LogP contribution in [0, 0.1) is 11.7 Å². The van der Waals surface area contributed by atoms with E-state index in [0.717, 1.165) is 43.4 Å². The van der Waals surface area contributed by atoms with E-state index < -0.39 is 0 Å². The van der Waals surface area contributed by atoms with Crippen molar-refractivity contribution >= 4 is 11.6 Å². The largest absolute Gasteiger partial charge is 0.368 e. The topological polar surface area (TPSA) is 45.2 Å². The molecule has 4 nitrogen and oxygen atoms in total. The van der Waals surface area contributed by atoms with Gasteiger partial charge in [-0.25, -0.2) is 4.39 Å². The normalized spacial score (nSPS) is 20.8. The summed E-state index contributed by atoms with van der Waals surface area (Å²) in [7, 11) is 0. The fourth-order valence-corrected chi connectivity index (χ4v) is 4.46. The quantitative estimate of drug-likeness (QED) is 0.845. The number of carbonyl (C=O) groups is 1. The first kappa shape index (κ1) is 18.9. The molecule has 0 radical (unpaired) electrons. The second-order valence-corrected chi connectivity index (χ2v) is 8.03. The Morgan fingerprint density at radius 2 is 1.79 bits per heavy atom. The number of hydrogen-bond donors (Lipinski definition) is 1. The summed E-state index contributed by atoms with van der Waals surface area (Å²) in [4.78, 5) is 18.8. The van der Waals surface area contributed by atoms with E-state index in [1.54, 1.807) is 18.5 Å². The molecule has 2 aliphatic rings. The second kappa shape index (κ2) is 8.72. The summed E-state index contributed by atoms with van der Waals surface area (Å²) >= 11 is 0. The summed E-state index contributed by atoms with van der Waals surface area (Å²) in [6.45, 7) is 1.38. The van der Waals surface area contributed by atoms with Crippen molar-refractivity contribution in [2.45, 2.75) is 51.0 Å². The number of nitrogens with zero attached hydrogens (tertiary/aromatic N) is 2. The lowest BCUT2D eigenvalue weighted by Crippen LogP contribution is -2.46. The van der Waals surface area contributed by atoms with E-state index in [2.05, 4.69) is 10.3 Å². The maximum absolute atomic E-state index is 14.9. The molecule has 4 rings (SSSR count). The van der Waals surface area contributed by atoms with Crippen molar-refractivity contribution in [1.82, 2.24) is 10.3 Å². The maximum Gasteiger partial charge on any atom is 0.225 e. The van der Waals surface area contributed by atoms with Gasteiger partial charge in [-0.1, -0.05) is 25.3 Å². The molecule has 2 aromatic rings. The molecule has 1 aliphatic carbocycles. The van der Waals surface area contributed by atoms with Gasteiger partial charge >= 0.3 is 0 Å². The van der Waals surface area contributed by atoms with Crippen molar-refractivity contribution in [1.29, 1.82) is 0 Å². The molecule has 1 N–H and O–H groups in total. The smallest absolute Gasteiger partial charge is 0.225 e. The minimum absolute atomic E-state index is 0.0602. The molecule has 1 amide bonds. The van der Waals surface area contributed by atoms with Crippen LogP contribution in [0.3, 0.4) is 0 Å². The Bertz CT molecular complexity index is 805. The summed E-state index contributed by atoms with van der Waals surface area (Å²) < 4.78 is 14.9. The maximum atomic E-state index is 14.9. The number of hydrogen-bond acceptors (Lipinski definition) is 3. The van der Waals surface area contributed by atoms with Crippen LogP contribution < -0.4 is 10.2 Å². The Hall–Kier alpha value is -2.43. The van der Waals surface area contributed by atoms with Gasteiger partial charge in [0.15, 0.2) is 0 Å². The summed E-state index contributed by atoms with van der Waals surface area (Å²) in [5.74, 6) is -0.150. The van der Waals surface area contributed by atoms with Gasteiger partial charge in [0.05, 0.1) is 11.6 Å². The van der Waals surface area contributed by atoms with Crippen LogP contribution in [0.2, 0.25) is 0 Å². The molecule has 1 saturated carbocycles. The molecule has 2 fully saturated rings. The van der Waals surface area contributed by atoms with E-state index in [4.69, 9.17) is 0 Å². The van der Waals surface area contributed by atoms with Crippen molar-refractivity contribution in [2.75, 3.05) is 18.0 Å². The van der Waals surface area contributed by atoms with E-state index >= 15 is 0 Å². The third kappa shape index (κ3) is 4.34. The van der Waals surface area contributed by atoms with Gasteiger partial charge < -0.3 is 10.2 Å². The average molecular weight is 381 g/mol. The predicted octanol–water partition coefficient (Wildman–Crippen LogP) is 4.55. The molecule has 1 saturated heterocycles. The summed E-state index contributed by atoms with van der Waals surface area (Å²) in [5, 5.41) is 3.24. The number of halogens is 1. The molecular weight excluding hydrogens is 353 g/mol. The molecule has 1 aliphatic heterocycles. The van der Waals surface area contributed by atoms with Gasteiger partial charge in [-0.2, -0.15) is 0 Å². The van der Waals surface area contributed by atoms with Crippen LogP contribution in [0.25, 0.3) is 11.1 Å². The average Bonchev–Trinajstić information content (AvgIpc) is 2.75. The Morgan fingerprint density at radius 3 is 2.54 bits per heavy atom. The van der Waals surface area contributed by atoms with E-state index in [1.807, 2.05) is 29.2 Å². The molecule has 1 atom stereocenters. The third-order valence-electron chi connectivity index (χ3n) is 6.05. The van der Waals surface area contributed by atoms with Gasteiger partial charge in [0.25, 0.3) is 0 Å². The zero-order valence-electron chi connectivity index (χ0n) is 16.2. The SMILES string of the molecule is O=C(NC1CCCCC1)C1CCCN(c2ccc(-c3ccncc3)cc2F)C1. The van der Waals surface area contributed by atoms with Crippen LogP contribution >= 0.6 is 0 Å². The zero-order valence-corrected chi connectivity index (χ0v) is 16.2. The lowest BCUT2D eigenvalue weighted by Gasteiger charge is -2.35. The van der Waals surface area contributed by atoms with Gasteiger partial charge in [-0.05, 0) is 61.1 Å². The number of nitrogens with one attached hydrogen (secondary N) is 1. The van der Waals surface area contributed by atoms with Crippen LogP contribution in [-0.2, 0) is 4.79 Å². The summed E-state index contributed by atoms with van der Waals surface area (Å²) in [6, 6.07) is 9.44. The number of rotatable bonds is 4. The van der Waals surface area contributed by atoms with Crippen LogP contribution in [-0.4, -0.2) is 30.0 Å². The molecule has 0 spiro atoms. The number of aromatic nitrogens is 1. The van der Waals surface area contributed by atoms with Gasteiger partial charge in [0.1, 0.15) is 5.82 Å². The monoisotopic (exact) mass is 381 g/mol. The van der Waals surface area contributed by atoms with Gasteiger partial charge in [0.2, 0.25) is 5.91 Å². The summed E-state index contributed by atoms with van der Waals surface area (Å²) in [5.41, 5.74) is 2.38. The molecule has 0 bridgehead atoms. The van der Waals surface area contributed by atoms with Crippen molar-refractivity contribution in [3.05, 3.63) is 48.5 Å². The van der Waals surface area contributed by atoms with Gasteiger partial charge in [-0.15, -0.1) is 0 Å². The molecule has 2 heterocycles. The van der Waals surface area contributed by atoms with E-state index in [1.165, 1.54) is 19.3 Å². The Balaban J connectivity index is 1.43. The first-order valence-corrected chi connectivity index (χ1v) is 10.5. The molecule has 1 unspecified atom stereocenters.